The Morgan fingerprint density at radius 2 is 1.90 bits per heavy atom. The third kappa shape index (κ3) is 3.50. The molecule has 4 nitrogen and oxygen atoms in total. The fraction of sp³-hybridized carbons (Fsp3) is 0.625. The molecule has 2 rings (SSSR count). The van der Waals surface area contributed by atoms with Crippen molar-refractivity contribution in [2.75, 3.05) is 5.32 Å². The minimum absolute atomic E-state index is 0.161. The molecule has 1 aliphatic carbocycles. The van der Waals surface area contributed by atoms with E-state index < -0.39 is 0 Å². The molecule has 20 heavy (non-hydrogen) atoms. The van der Waals surface area contributed by atoms with Crippen LogP contribution in [-0.2, 0) is 0 Å². The number of non-ortho nitro benzene ring substituents is 1. The molecule has 4 heteroatoms. The van der Waals surface area contributed by atoms with Crippen molar-refractivity contribution in [3.8, 4) is 0 Å². The van der Waals surface area contributed by atoms with Crippen molar-refractivity contribution in [2.24, 2.45) is 11.8 Å². The van der Waals surface area contributed by atoms with Gasteiger partial charge in [0.15, 0.2) is 0 Å². The summed E-state index contributed by atoms with van der Waals surface area (Å²) in [5.74, 6) is 1.59. The summed E-state index contributed by atoms with van der Waals surface area (Å²) in [4.78, 5) is 10.5. The molecule has 1 aromatic rings. The normalized spacial score (nSPS) is 22.8. The van der Waals surface area contributed by atoms with Gasteiger partial charge in [-0.25, -0.2) is 0 Å². The number of nitro groups is 1. The lowest BCUT2D eigenvalue weighted by molar-refractivity contribution is -0.384. The quantitative estimate of drug-likeness (QED) is 0.649. The first-order chi connectivity index (χ1) is 9.47. The molecular formula is C16H24N2O2. The highest BCUT2D eigenvalue weighted by atomic mass is 16.6. The van der Waals surface area contributed by atoms with E-state index in [0.29, 0.717) is 6.04 Å². The molecule has 0 amide bonds. The molecule has 0 radical (unpaired) electrons. The average Bonchev–Trinajstić information content (AvgIpc) is 2.41. The van der Waals surface area contributed by atoms with Crippen LogP contribution in [0.1, 0.15) is 45.1 Å². The molecule has 0 aromatic heterocycles. The van der Waals surface area contributed by atoms with Gasteiger partial charge in [0, 0.05) is 23.9 Å². The van der Waals surface area contributed by atoms with E-state index in [1.54, 1.807) is 12.1 Å². The highest BCUT2D eigenvalue weighted by Gasteiger charge is 2.23. The zero-order valence-electron chi connectivity index (χ0n) is 12.6. The molecule has 0 spiro atoms. The Balaban J connectivity index is 2.00. The topological polar surface area (TPSA) is 55.2 Å². The number of anilines is 1. The first kappa shape index (κ1) is 14.8. The molecule has 0 heterocycles. The van der Waals surface area contributed by atoms with Crippen molar-refractivity contribution >= 4 is 11.4 Å². The summed E-state index contributed by atoms with van der Waals surface area (Å²) in [6.07, 6.45) is 4.82. The van der Waals surface area contributed by atoms with Crippen LogP contribution in [0.2, 0.25) is 0 Å². The summed E-state index contributed by atoms with van der Waals surface area (Å²) in [6, 6.07) is 5.49. The van der Waals surface area contributed by atoms with Crippen molar-refractivity contribution < 1.29 is 4.92 Å². The van der Waals surface area contributed by atoms with Crippen LogP contribution in [0.15, 0.2) is 18.2 Å². The van der Waals surface area contributed by atoms with E-state index in [4.69, 9.17) is 0 Å². The molecule has 1 fully saturated rings. The number of benzene rings is 1. The van der Waals surface area contributed by atoms with Crippen LogP contribution in [-0.4, -0.2) is 11.0 Å². The highest BCUT2D eigenvalue weighted by molar-refractivity contribution is 5.57. The Bertz CT molecular complexity index is 477. The number of aryl methyl sites for hydroxylation is 1. The Labute approximate surface area is 120 Å². The number of hydrogen-bond donors (Lipinski definition) is 1. The third-order valence-electron chi connectivity index (χ3n) is 4.51. The van der Waals surface area contributed by atoms with Gasteiger partial charge in [0.25, 0.3) is 5.69 Å². The third-order valence-corrected chi connectivity index (χ3v) is 4.51. The van der Waals surface area contributed by atoms with Crippen LogP contribution in [0.4, 0.5) is 11.4 Å². The summed E-state index contributed by atoms with van der Waals surface area (Å²) in [7, 11) is 0. The zero-order chi connectivity index (χ0) is 14.7. The van der Waals surface area contributed by atoms with Crippen LogP contribution in [0.3, 0.4) is 0 Å². The molecule has 0 bridgehead atoms. The van der Waals surface area contributed by atoms with Crippen LogP contribution in [0.5, 0.6) is 0 Å². The zero-order valence-corrected chi connectivity index (χ0v) is 12.6. The molecule has 0 aliphatic heterocycles. The molecular weight excluding hydrogens is 252 g/mol. The fourth-order valence-corrected chi connectivity index (χ4v) is 3.03. The van der Waals surface area contributed by atoms with E-state index in [0.717, 1.165) is 35.9 Å². The summed E-state index contributed by atoms with van der Waals surface area (Å²) >= 11 is 0. The Morgan fingerprint density at radius 3 is 2.45 bits per heavy atom. The van der Waals surface area contributed by atoms with E-state index in [1.165, 1.54) is 12.8 Å². The van der Waals surface area contributed by atoms with E-state index in [1.807, 2.05) is 13.0 Å². The van der Waals surface area contributed by atoms with Crippen molar-refractivity contribution in [3.05, 3.63) is 33.9 Å². The summed E-state index contributed by atoms with van der Waals surface area (Å²) < 4.78 is 0. The number of hydrogen-bond acceptors (Lipinski definition) is 3. The van der Waals surface area contributed by atoms with Gasteiger partial charge in [-0.05, 0) is 50.0 Å². The van der Waals surface area contributed by atoms with Gasteiger partial charge in [-0.15, -0.1) is 0 Å². The van der Waals surface area contributed by atoms with Gasteiger partial charge in [-0.2, -0.15) is 0 Å². The van der Waals surface area contributed by atoms with Crippen molar-refractivity contribution in [3.63, 3.8) is 0 Å². The lowest BCUT2D eigenvalue weighted by Gasteiger charge is -2.32. The van der Waals surface area contributed by atoms with Gasteiger partial charge in [0.1, 0.15) is 0 Å². The predicted octanol–water partition coefficient (Wildman–Crippen LogP) is 4.53. The average molecular weight is 276 g/mol. The lowest BCUT2D eigenvalue weighted by Crippen LogP contribution is -2.28. The summed E-state index contributed by atoms with van der Waals surface area (Å²) in [5.41, 5.74) is 2.14. The fourth-order valence-electron chi connectivity index (χ4n) is 3.03. The molecule has 0 unspecified atom stereocenters. The first-order valence-electron chi connectivity index (χ1n) is 7.49. The van der Waals surface area contributed by atoms with Crippen molar-refractivity contribution in [1.29, 1.82) is 0 Å². The van der Waals surface area contributed by atoms with E-state index in [2.05, 4.69) is 19.2 Å². The van der Waals surface area contributed by atoms with Gasteiger partial charge >= 0.3 is 0 Å². The second-order valence-corrected chi connectivity index (χ2v) is 6.26. The lowest BCUT2D eigenvalue weighted by atomic mass is 9.79. The van der Waals surface area contributed by atoms with Crippen LogP contribution < -0.4 is 5.32 Å². The summed E-state index contributed by atoms with van der Waals surface area (Å²) in [6.45, 7) is 6.58. The molecule has 1 aliphatic rings. The largest absolute Gasteiger partial charge is 0.382 e. The number of rotatable bonds is 4. The van der Waals surface area contributed by atoms with E-state index >= 15 is 0 Å². The minimum Gasteiger partial charge on any atom is -0.382 e. The molecule has 1 N–H and O–H groups in total. The number of nitro benzene ring substituents is 1. The van der Waals surface area contributed by atoms with Crippen LogP contribution in [0, 0.1) is 28.9 Å². The second kappa shape index (κ2) is 6.25. The standard InChI is InChI=1S/C16H24N2O2/c1-11(2)13-5-7-14(8-6-13)17-16-10-15(18(19)20)9-4-12(16)3/h4,9-11,13-14,17H,5-8H2,1-3H3. The van der Waals surface area contributed by atoms with Crippen molar-refractivity contribution in [2.45, 2.75) is 52.5 Å². The monoisotopic (exact) mass is 276 g/mol. The summed E-state index contributed by atoms with van der Waals surface area (Å²) in [5, 5.41) is 14.4. The molecule has 1 aromatic carbocycles. The molecule has 1 saturated carbocycles. The maximum Gasteiger partial charge on any atom is 0.271 e. The smallest absolute Gasteiger partial charge is 0.271 e. The van der Waals surface area contributed by atoms with Gasteiger partial charge in [-0.1, -0.05) is 19.9 Å². The Morgan fingerprint density at radius 1 is 1.25 bits per heavy atom. The van der Waals surface area contributed by atoms with Gasteiger partial charge in [0.05, 0.1) is 4.92 Å². The highest BCUT2D eigenvalue weighted by Crippen LogP contribution is 2.32. The maximum atomic E-state index is 10.9. The first-order valence-corrected chi connectivity index (χ1v) is 7.49. The van der Waals surface area contributed by atoms with Gasteiger partial charge < -0.3 is 5.32 Å². The Kier molecular flexibility index (Phi) is 4.63. The molecule has 0 saturated heterocycles. The Hall–Kier alpha value is -1.58. The van der Waals surface area contributed by atoms with Crippen molar-refractivity contribution in [1.82, 2.24) is 0 Å². The maximum absolute atomic E-state index is 10.9. The predicted molar refractivity (Wildman–Crippen MR) is 82.0 cm³/mol. The molecule has 110 valence electrons. The van der Waals surface area contributed by atoms with E-state index in [9.17, 15) is 10.1 Å². The van der Waals surface area contributed by atoms with Crippen LogP contribution >= 0.6 is 0 Å². The number of nitrogens with one attached hydrogen (secondary N) is 1. The second-order valence-electron chi connectivity index (χ2n) is 6.26. The SMILES string of the molecule is Cc1ccc([N+](=O)[O-])cc1NC1CCC(C(C)C)CC1. The van der Waals surface area contributed by atoms with Crippen LogP contribution in [0.25, 0.3) is 0 Å². The number of nitrogens with zero attached hydrogens (tertiary/aromatic N) is 1. The van der Waals surface area contributed by atoms with Gasteiger partial charge in [0.2, 0.25) is 0 Å². The van der Waals surface area contributed by atoms with Gasteiger partial charge in [-0.3, -0.25) is 10.1 Å². The minimum atomic E-state index is -0.333. The van der Waals surface area contributed by atoms with E-state index in [-0.39, 0.29) is 10.6 Å². The molecule has 0 atom stereocenters.